The van der Waals surface area contributed by atoms with Crippen LogP contribution in [0.15, 0.2) is 36.4 Å². The topological polar surface area (TPSA) is 129 Å². The van der Waals surface area contributed by atoms with Gasteiger partial charge in [0.2, 0.25) is 17.7 Å². The third-order valence-corrected chi connectivity index (χ3v) is 2.49. The minimum absolute atomic E-state index is 0.213. The van der Waals surface area contributed by atoms with E-state index < -0.39 is 0 Å². The van der Waals surface area contributed by atoms with Gasteiger partial charge in [-0.25, -0.2) is 0 Å². The summed E-state index contributed by atoms with van der Waals surface area (Å²) in [5, 5.41) is 0. The van der Waals surface area contributed by atoms with Gasteiger partial charge in [-0.15, -0.1) is 0 Å². The molecule has 27 heavy (non-hydrogen) atoms. The minimum atomic E-state index is -0.213. The van der Waals surface area contributed by atoms with Crippen molar-refractivity contribution in [2.75, 3.05) is 0 Å². The molecule has 156 valence electrons. The van der Waals surface area contributed by atoms with Crippen LogP contribution in [0, 0.1) is 17.8 Å². The van der Waals surface area contributed by atoms with Crippen molar-refractivity contribution in [2.24, 2.45) is 35.0 Å². The van der Waals surface area contributed by atoms with E-state index in [4.69, 9.17) is 17.2 Å². The zero-order valence-electron chi connectivity index (χ0n) is 17.8. The second-order valence-electron chi connectivity index (χ2n) is 7.35. The van der Waals surface area contributed by atoms with Gasteiger partial charge in [0, 0.05) is 19.3 Å². The molecule has 0 saturated carbocycles. The summed E-state index contributed by atoms with van der Waals surface area (Å²) in [4.78, 5) is 30.1. The molecule has 0 fully saturated rings. The van der Waals surface area contributed by atoms with Crippen molar-refractivity contribution >= 4 is 17.7 Å². The molecule has 0 aliphatic rings. The second kappa shape index (κ2) is 19.9. The van der Waals surface area contributed by atoms with Crippen LogP contribution in [-0.4, -0.2) is 17.7 Å². The van der Waals surface area contributed by atoms with Crippen molar-refractivity contribution < 1.29 is 14.4 Å². The molecule has 6 N–H and O–H groups in total. The number of hydrogen-bond donors (Lipinski definition) is 3. The second-order valence-corrected chi connectivity index (χ2v) is 7.35. The lowest BCUT2D eigenvalue weighted by atomic mass is 10.1. The Bertz CT molecular complexity index is 412. The number of rotatable bonds is 6. The molecule has 0 atom stereocenters. The summed E-state index contributed by atoms with van der Waals surface area (Å²) in [6.07, 6.45) is 1.50. The van der Waals surface area contributed by atoms with Gasteiger partial charge in [0.1, 0.15) is 0 Å². The molecular weight excluding hydrogens is 342 g/mol. The smallest absolute Gasteiger partial charge is 0.217 e. The summed E-state index contributed by atoms with van der Waals surface area (Å²) >= 11 is 0. The van der Waals surface area contributed by atoms with Gasteiger partial charge in [-0.3, -0.25) is 14.4 Å². The van der Waals surface area contributed by atoms with E-state index in [1.54, 1.807) is 0 Å². The number of carbonyl (C=O) groups is 3. The van der Waals surface area contributed by atoms with Crippen LogP contribution < -0.4 is 17.2 Å². The van der Waals surface area contributed by atoms with Crippen molar-refractivity contribution in [1.29, 1.82) is 0 Å². The fourth-order valence-electron chi connectivity index (χ4n) is 1.59. The van der Waals surface area contributed by atoms with E-state index in [-0.39, 0.29) is 17.7 Å². The highest BCUT2D eigenvalue weighted by Crippen LogP contribution is 1.96. The SMILES string of the molecule is CC(C)CC(N)=O.CC(C)CC(N)=O.CC(C)CC(N)=O.c1ccccc1. The highest BCUT2D eigenvalue weighted by atomic mass is 16.1. The number of amides is 3. The maximum absolute atomic E-state index is 10.0. The Labute approximate surface area is 164 Å². The molecule has 0 aliphatic carbocycles. The Morgan fingerprint density at radius 2 is 0.667 bits per heavy atom. The largest absolute Gasteiger partial charge is 0.370 e. The summed E-state index contributed by atoms with van der Waals surface area (Å²) in [7, 11) is 0. The van der Waals surface area contributed by atoms with Crippen LogP contribution in [0.3, 0.4) is 0 Å². The van der Waals surface area contributed by atoms with E-state index in [0.717, 1.165) is 0 Å². The predicted octanol–water partition coefficient (Wildman–Crippen LogP) is 3.24. The van der Waals surface area contributed by atoms with Crippen molar-refractivity contribution in [2.45, 2.75) is 60.8 Å². The van der Waals surface area contributed by atoms with Crippen LogP contribution in [0.25, 0.3) is 0 Å². The minimum Gasteiger partial charge on any atom is -0.370 e. The molecule has 0 heterocycles. The fraction of sp³-hybridized carbons (Fsp3) is 0.571. The normalized spacial score (nSPS) is 9.22. The summed E-state index contributed by atoms with van der Waals surface area (Å²) in [5.41, 5.74) is 14.6. The Kier molecular flexibility index (Phi) is 21.7. The van der Waals surface area contributed by atoms with Crippen LogP contribution in [-0.2, 0) is 14.4 Å². The Balaban J connectivity index is -0.000000285. The first kappa shape index (κ1) is 29.4. The first-order chi connectivity index (χ1) is 12.4. The predicted molar refractivity (Wildman–Crippen MR) is 112 cm³/mol. The first-order valence-corrected chi connectivity index (χ1v) is 9.23. The summed E-state index contributed by atoms with van der Waals surface area (Å²) in [6.45, 7) is 11.8. The zero-order chi connectivity index (χ0) is 21.8. The molecule has 6 heteroatoms. The van der Waals surface area contributed by atoms with E-state index in [1.807, 2.05) is 77.9 Å². The molecule has 0 aromatic heterocycles. The summed E-state index contributed by atoms with van der Waals surface area (Å²) in [5.74, 6) is 0.563. The molecule has 0 saturated heterocycles. The van der Waals surface area contributed by atoms with Crippen LogP contribution in [0.1, 0.15) is 60.8 Å². The van der Waals surface area contributed by atoms with Crippen molar-refractivity contribution in [3.8, 4) is 0 Å². The van der Waals surface area contributed by atoms with Gasteiger partial charge in [0.15, 0.2) is 0 Å². The standard InChI is InChI=1S/C6H6.3C5H11NO/c1-2-4-6-5-3-1;3*1-4(2)3-5(6)7/h1-6H;3*4H,3H2,1-2H3,(H2,6,7). The molecule has 0 aliphatic heterocycles. The van der Waals surface area contributed by atoms with Gasteiger partial charge in [-0.2, -0.15) is 0 Å². The molecule has 1 aromatic rings. The van der Waals surface area contributed by atoms with Gasteiger partial charge in [-0.05, 0) is 17.8 Å². The molecule has 1 aromatic carbocycles. The number of carbonyl (C=O) groups excluding carboxylic acids is 3. The molecule has 0 spiro atoms. The number of primary amides is 3. The third kappa shape index (κ3) is 45.3. The molecule has 6 nitrogen and oxygen atoms in total. The summed E-state index contributed by atoms with van der Waals surface area (Å²) < 4.78 is 0. The molecule has 1 rings (SSSR count). The van der Waals surface area contributed by atoms with E-state index in [0.29, 0.717) is 37.0 Å². The Morgan fingerprint density at radius 3 is 0.704 bits per heavy atom. The van der Waals surface area contributed by atoms with Gasteiger partial charge in [0.05, 0.1) is 0 Å². The highest BCUT2D eigenvalue weighted by molar-refractivity contribution is 5.74. The Morgan fingerprint density at radius 1 is 0.519 bits per heavy atom. The number of hydrogen-bond acceptors (Lipinski definition) is 3. The van der Waals surface area contributed by atoms with E-state index >= 15 is 0 Å². The van der Waals surface area contributed by atoms with Gasteiger partial charge in [0.25, 0.3) is 0 Å². The molecule has 0 radical (unpaired) electrons. The third-order valence-electron chi connectivity index (χ3n) is 2.49. The maximum atomic E-state index is 10.0. The van der Waals surface area contributed by atoms with Crippen LogP contribution in [0.2, 0.25) is 0 Å². The fourth-order valence-corrected chi connectivity index (χ4v) is 1.59. The highest BCUT2D eigenvalue weighted by Gasteiger charge is 1.97. The average molecular weight is 382 g/mol. The molecular formula is C21H39N3O3. The van der Waals surface area contributed by atoms with Crippen LogP contribution in [0.4, 0.5) is 0 Å². The Hall–Kier alpha value is -2.37. The lowest BCUT2D eigenvalue weighted by molar-refractivity contribution is -0.119. The quantitative estimate of drug-likeness (QED) is 0.699. The van der Waals surface area contributed by atoms with Crippen molar-refractivity contribution in [3.05, 3.63) is 36.4 Å². The van der Waals surface area contributed by atoms with Crippen molar-refractivity contribution in [1.82, 2.24) is 0 Å². The van der Waals surface area contributed by atoms with Gasteiger partial charge >= 0.3 is 0 Å². The zero-order valence-corrected chi connectivity index (χ0v) is 17.8. The van der Waals surface area contributed by atoms with E-state index in [2.05, 4.69) is 0 Å². The maximum Gasteiger partial charge on any atom is 0.217 e. The van der Waals surface area contributed by atoms with Crippen LogP contribution in [0.5, 0.6) is 0 Å². The molecule has 0 unspecified atom stereocenters. The molecule has 3 amide bonds. The summed E-state index contributed by atoms with van der Waals surface area (Å²) in [6, 6.07) is 12.0. The van der Waals surface area contributed by atoms with Crippen LogP contribution >= 0.6 is 0 Å². The first-order valence-electron chi connectivity index (χ1n) is 9.23. The van der Waals surface area contributed by atoms with Gasteiger partial charge < -0.3 is 17.2 Å². The lowest BCUT2D eigenvalue weighted by Crippen LogP contribution is -2.12. The van der Waals surface area contributed by atoms with Gasteiger partial charge in [-0.1, -0.05) is 77.9 Å². The average Bonchev–Trinajstić information content (AvgIpc) is 2.46. The monoisotopic (exact) mass is 381 g/mol. The lowest BCUT2D eigenvalue weighted by Gasteiger charge is -1.95. The molecule has 0 bridgehead atoms. The number of benzene rings is 1. The number of nitrogens with two attached hydrogens (primary N) is 3. The van der Waals surface area contributed by atoms with E-state index in [9.17, 15) is 14.4 Å². The van der Waals surface area contributed by atoms with Crippen molar-refractivity contribution in [3.63, 3.8) is 0 Å². The van der Waals surface area contributed by atoms with E-state index in [1.165, 1.54) is 0 Å².